The van der Waals surface area contributed by atoms with Gasteiger partial charge in [-0.25, -0.2) is 0 Å². The molecular weight excluding hydrogens is 363 g/mol. The smallest absolute Gasteiger partial charge is 0.325 e. The van der Waals surface area contributed by atoms with Crippen LogP contribution in [0.25, 0.3) is 0 Å². The van der Waals surface area contributed by atoms with Gasteiger partial charge in [-0.2, -0.15) is 13.2 Å². The van der Waals surface area contributed by atoms with Gasteiger partial charge in [0.05, 0.1) is 16.4 Å². The fourth-order valence-electron chi connectivity index (χ4n) is 1.86. The second-order valence-corrected chi connectivity index (χ2v) is 5.90. The summed E-state index contributed by atoms with van der Waals surface area (Å²) >= 11 is 0.771. The van der Waals surface area contributed by atoms with E-state index in [0.717, 1.165) is 23.4 Å². The van der Waals surface area contributed by atoms with E-state index >= 15 is 0 Å². The number of aryl methyl sites for hydroxylation is 1. The Morgan fingerprint density at radius 1 is 1.40 bits per heavy atom. The van der Waals surface area contributed by atoms with Crippen LogP contribution >= 0.6 is 11.8 Å². The number of amides is 1. The van der Waals surface area contributed by atoms with Gasteiger partial charge < -0.3 is 9.88 Å². The number of nitrogens with zero attached hydrogens (tertiary/aromatic N) is 4. The summed E-state index contributed by atoms with van der Waals surface area (Å²) in [6.07, 6.45) is -4.64. The average Bonchev–Trinajstić information content (AvgIpc) is 2.88. The topological polar surface area (TPSA) is 103 Å². The molecule has 0 atom stereocenters. The van der Waals surface area contributed by atoms with Gasteiger partial charge in [-0.3, -0.25) is 14.9 Å². The maximum Gasteiger partial charge on any atom is 0.451 e. The number of anilines is 1. The number of hydrogen-bond acceptors (Lipinski definition) is 6. The van der Waals surface area contributed by atoms with Crippen molar-refractivity contribution < 1.29 is 22.9 Å². The highest BCUT2D eigenvalue weighted by molar-refractivity contribution is 7.99. The Morgan fingerprint density at radius 2 is 2.08 bits per heavy atom. The minimum absolute atomic E-state index is 0.0711. The summed E-state index contributed by atoms with van der Waals surface area (Å²) in [5, 5.41) is 19.6. The van der Waals surface area contributed by atoms with Crippen LogP contribution in [0.3, 0.4) is 0 Å². The van der Waals surface area contributed by atoms with Crippen molar-refractivity contribution in [3.63, 3.8) is 0 Å². The predicted molar refractivity (Wildman–Crippen MR) is 83.2 cm³/mol. The molecule has 0 aliphatic rings. The second kappa shape index (κ2) is 7.09. The third-order valence-electron chi connectivity index (χ3n) is 3.13. The standard InChI is InChI=1S/C13H12F3N5O3S/c1-7-3-4-8(21(23)24)5-9(7)17-10(22)6-25-12-19-18-11(20(12)2)13(14,15)16/h3-5H,6H2,1-2H3,(H,17,22). The SMILES string of the molecule is Cc1ccc([N+](=O)[O-])cc1NC(=O)CSc1nnc(C(F)(F)F)n1C. The number of benzene rings is 1. The molecule has 2 rings (SSSR count). The summed E-state index contributed by atoms with van der Waals surface area (Å²) < 4.78 is 38.6. The molecule has 0 unspecified atom stereocenters. The predicted octanol–water partition coefficient (Wildman–Crippen LogP) is 2.78. The second-order valence-electron chi connectivity index (χ2n) is 4.96. The first kappa shape index (κ1) is 18.7. The number of aromatic nitrogens is 3. The number of non-ortho nitro benzene ring substituents is 1. The number of halogens is 3. The van der Waals surface area contributed by atoms with Gasteiger partial charge in [-0.1, -0.05) is 17.8 Å². The van der Waals surface area contributed by atoms with Crippen LogP contribution < -0.4 is 5.32 Å². The number of thioether (sulfide) groups is 1. The number of hydrogen-bond donors (Lipinski definition) is 1. The first-order valence-corrected chi connectivity index (χ1v) is 7.72. The molecule has 0 aliphatic heterocycles. The highest BCUT2D eigenvalue weighted by atomic mass is 32.2. The van der Waals surface area contributed by atoms with Crippen LogP contribution in [0.1, 0.15) is 11.4 Å². The quantitative estimate of drug-likeness (QED) is 0.490. The Bertz CT molecular complexity index is 822. The lowest BCUT2D eigenvalue weighted by molar-refractivity contribution is -0.384. The third kappa shape index (κ3) is 4.47. The molecule has 1 N–H and O–H groups in total. The van der Waals surface area contributed by atoms with E-state index in [1.807, 2.05) is 0 Å². The van der Waals surface area contributed by atoms with E-state index in [-0.39, 0.29) is 22.3 Å². The molecule has 1 aromatic carbocycles. The van der Waals surface area contributed by atoms with E-state index in [4.69, 9.17) is 0 Å². The molecule has 25 heavy (non-hydrogen) atoms. The minimum Gasteiger partial charge on any atom is -0.325 e. The van der Waals surface area contributed by atoms with E-state index < -0.39 is 22.8 Å². The number of alkyl halides is 3. The molecule has 0 radical (unpaired) electrons. The number of carbonyl (C=O) groups is 1. The molecule has 2 aromatic rings. The molecule has 0 saturated heterocycles. The number of nitro groups is 1. The molecule has 1 heterocycles. The Labute approximate surface area is 143 Å². The highest BCUT2D eigenvalue weighted by Gasteiger charge is 2.37. The lowest BCUT2D eigenvalue weighted by Gasteiger charge is -2.08. The van der Waals surface area contributed by atoms with Crippen molar-refractivity contribution >= 4 is 29.0 Å². The largest absolute Gasteiger partial charge is 0.451 e. The Balaban J connectivity index is 2.04. The van der Waals surface area contributed by atoms with Gasteiger partial charge in [0.2, 0.25) is 11.7 Å². The first-order valence-electron chi connectivity index (χ1n) is 6.74. The number of carbonyl (C=O) groups excluding carboxylic acids is 1. The van der Waals surface area contributed by atoms with E-state index in [1.54, 1.807) is 6.92 Å². The van der Waals surface area contributed by atoms with Crippen molar-refractivity contribution in [2.75, 3.05) is 11.1 Å². The third-order valence-corrected chi connectivity index (χ3v) is 4.15. The molecule has 8 nitrogen and oxygen atoms in total. The summed E-state index contributed by atoms with van der Waals surface area (Å²) in [5.41, 5.74) is 0.687. The molecule has 0 bridgehead atoms. The van der Waals surface area contributed by atoms with Crippen molar-refractivity contribution in [3.8, 4) is 0 Å². The van der Waals surface area contributed by atoms with E-state index in [9.17, 15) is 28.1 Å². The average molecular weight is 375 g/mol. The maximum atomic E-state index is 12.6. The number of rotatable bonds is 5. The lowest BCUT2D eigenvalue weighted by atomic mass is 10.2. The minimum atomic E-state index is -4.64. The van der Waals surface area contributed by atoms with Gasteiger partial charge in [-0.05, 0) is 12.5 Å². The highest BCUT2D eigenvalue weighted by Crippen LogP contribution is 2.29. The van der Waals surface area contributed by atoms with Gasteiger partial charge in [0.25, 0.3) is 5.69 Å². The van der Waals surface area contributed by atoms with Crippen LogP contribution in [0.4, 0.5) is 24.5 Å². The van der Waals surface area contributed by atoms with Crippen LogP contribution in [0.5, 0.6) is 0 Å². The normalized spacial score (nSPS) is 11.4. The van der Waals surface area contributed by atoms with Crippen LogP contribution in [0.15, 0.2) is 23.4 Å². The molecule has 0 saturated carbocycles. The van der Waals surface area contributed by atoms with Crippen LogP contribution in [-0.2, 0) is 18.0 Å². The molecular formula is C13H12F3N5O3S. The van der Waals surface area contributed by atoms with Crippen molar-refractivity contribution in [1.29, 1.82) is 0 Å². The lowest BCUT2D eigenvalue weighted by Crippen LogP contribution is -2.16. The maximum absolute atomic E-state index is 12.6. The van der Waals surface area contributed by atoms with E-state index in [0.29, 0.717) is 5.56 Å². The van der Waals surface area contributed by atoms with Crippen molar-refractivity contribution in [1.82, 2.24) is 14.8 Å². The zero-order valence-electron chi connectivity index (χ0n) is 13.0. The van der Waals surface area contributed by atoms with Crippen molar-refractivity contribution in [2.45, 2.75) is 18.3 Å². The molecule has 12 heteroatoms. The zero-order chi connectivity index (χ0) is 18.8. The number of nitrogens with one attached hydrogen (secondary N) is 1. The Morgan fingerprint density at radius 3 is 2.64 bits per heavy atom. The summed E-state index contributed by atoms with van der Waals surface area (Å²) in [6.45, 7) is 1.66. The molecule has 1 amide bonds. The fraction of sp³-hybridized carbons (Fsp3) is 0.308. The van der Waals surface area contributed by atoms with Crippen LogP contribution in [0, 0.1) is 17.0 Å². The fourth-order valence-corrected chi connectivity index (χ4v) is 2.57. The summed E-state index contributed by atoms with van der Waals surface area (Å²) in [4.78, 5) is 22.1. The van der Waals surface area contributed by atoms with Gasteiger partial charge in [0, 0.05) is 19.2 Å². The Kier molecular flexibility index (Phi) is 5.30. The molecule has 0 fully saturated rings. The van der Waals surface area contributed by atoms with Crippen molar-refractivity contribution in [2.24, 2.45) is 7.05 Å². The molecule has 0 aliphatic carbocycles. The van der Waals surface area contributed by atoms with E-state index in [2.05, 4.69) is 15.5 Å². The van der Waals surface area contributed by atoms with Crippen molar-refractivity contribution in [3.05, 3.63) is 39.7 Å². The summed E-state index contributed by atoms with van der Waals surface area (Å²) in [7, 11) is 1.15. The van der Waals surface area contributed by atoms with E-state index in [1.165, 1.54) is 18.2 Å². The summed E-state index contributed by atoms with van der Waals surface area (Å²) in [5.74, 6) is -1.93. The monoisotopic (exact) mass is 375 g/mol. The number of nitro benzene ring substituents is 1. The van der Waals surface area contributed by atoms with Gasteiger partial charge in [0.1, 0.15) is 0 Å². The summed E-state index contributed by atoms with van der Waals surface area (Å²) in [6, 6.07) is 4.00. The van der Waals surface area contributed by atoms with Crippen LogP contribution in [0.2, 0.25) is 0 Å². The zero-order valence-corrected chi connectivity index (χ0v) is 13.8. The van der Waals surface area contributed by atoms with Gasteiger partial charge in [-0.15, -0.1) is 10.2 Å². The molecule has 1 aromatic heterocycles. The molecule has 0 spiro atoms. The Hall–Kier alpha value is -2.63. The van der Waals surface area contributed by atoms with Crippen LogP contribution in [-0.4, -0.2) is 31.3 Å². The molecule has 134 valence electrons. The first-order chi connectivity index (χ1) is 11.6. The van der Waals surface area contributed by atoms with Gasteiger partial charge >= 0.3 is 6.18 Å². The van der Waals surface area contributed by atoms with Gasteiger partial charge in [0.15, 0.2) is 5.16 Å².